The Morgan fingerprint density at radius 3 is 2.42 bits per heavy atom. The van der Waals surface area contributed by atoms with Crippen molar-refractivity contribution in [2.24, 2.45) is 0 Å². The average molecular weight is 258 g/mol. The predicted octanol–water partition coefficient (Wildman–Crippen LogP) is 3.66. The first-order chi connectivity index (χ1) is 9.10. The van der Waals surface area contributed by atoms with Crippen LogP contribution in [0.25, 0.3) is 0 Å². The molecule has 2 aromatic carbocycles. The van der Waals surface area contributed by atoms with Crippen molar-refractivity contribution < 1.29 is 9.66 Å². The van der Waals surface area contributed by atoms with E-state index in [1.807, 2.05) is 25.1 Å². The van der Waals surface area contributed by atoms with Crippen LogP contribution in [0.1, 0.15) is 5.56 Å². The van der Waals surface area contributed by atoms with Crippen LogP contribution in [0.2, 0.25) is 0 Å². The Hall–Kier alpha value is -2.56. The predicted molar refractivity (Wildman–Crippen MR) is 74.1 cm³/mol. The van der Waals surface area contributed by atoms with Crippen molar-refractivity contribution in [2.45, 2.75) is 6.92 Å². The molecule has 5 heteroatoms. The molecule has 2 aromatic rings. The van der Waals surface area contributed by atoms with Crippen LogP contribution in [0, 0.1) is 17.0 Å². The van der Waals surface area contributed by atoms with E-state index in [0.717, 1.165) is 17.0 Å². The van der Waals surface area contributed by atoms with Crippen molar-refractivity contribution in [2.75, 3.05) is 12.4 Å². The maximum Gasteiger partial charge on any atom is 0.292 e. The third kappa shape index (κ3) is 3.01. The lowest BCUT2D eigenvalue weighted by Crippen LogP contribution is -1.97. The Bertz CT molecular complexity index is 594. The van der Waals surface area contributed by atoms with E-state index in [4.69, 9.17) is 4.74 Å². The third-order valence-electron chi connectivity index (χ3n) is 2.72. The summed E-state index contributed by atoms with van der Waals surface area (Å²) < 4.78 is 5.06. The fraction of sp³-hybridized carbons (Fsp3) is 0.143. The number of rotatable bonds is 4. The zero-order chi connectivity index (χ0) is 13.8. The molecule has 0 aliphatic carbocycles. The number of nitro benzene ring substituents is 1. The number of hydrogen-bond acceptors (Lipinski definition) is 4. The second kappa shape index (κ2) is 5.39. The van der Waals surface area contributed by atoms with Crippen LogP contribution in [0.3, 0.4) is 0 Å². The maximum absolute atomic E-state index is 11.0. The number of aryl methyl sites for hydroxylation is 1. The van der Waals surface area contributed by atoms with Gasteiger partial charge in [0.2, 0.25) is 0 Å². The summed E-state index contributed by atoms with van der Waals surface area (Å²) in [6, 6.07) is 12.3. The maximum atomic E-state index is 11.0. The van der Waals surface area contributed by atoms with Gasteiger partial charge >= 0.3 is 0 Å². The molecule has 0 atom stereocenters. The van der Waals surface area contributed by atoms with Crippen molar-refractivity contribution >= 4 is 17.1 Å². The average Bonchev–Trinajstić information content (AvgIpc) is 2.41. The van der Waals surface area contributed by atoms with Gasteiger partial charge in [-0.15, -0.1) is 0 Å². The molecule has 19 heavy (non-hydrogen) atoms. The smallest absolute Gasteiger partial charge is 0.292 e. The lowest BCUT2D eigenvalue weighted by atomic mass is 10.2. The highest BCUT2D eigenvalue weighted by Gasteiger charge is 2.13. The van der Waals surface area contributed by atoms with Crippen LogP contribution in [0.4, 0.5) is 17.1 Å². The summed E-state index contributed by atoms with van der Waals surface area (Å²) in [5, 5.41) is 14.0. The number of benzene rings is 2. The Balaban J connectivity index is 2.29. The van der Waals surface area contributed by atoms with Gasteiger partial charge in [-0.25, -0.2) is 0 Å². The Labute approximate surface area is 111 Å². The molecule has 0 saturated heterocycles. The van der Waals surface area contributed by atoms with Gasteiger partial charge in [0.15, 0.2) is 0 Å². The molecule has 98 valence electrons. The standard InChI is InChI=1S/C14H14N2O3/c1-10-3-8-13(14(9-10)16(17)18)15-11-4-6-12(19-2)7-5-11/h3-9,15H,1-2H3. The summed E-state index contributed by atoms with van der Waals surface area (Å²) in [6.07, 6.45) is 0. The molecule has 0 aliphatic rings. The Morgan fingerprint density at radius 2 is 1.84 bits per heavy atom. The van der Waals surface area contributed by atoms with Crippen LogP contribution in [0.15, 0.2) is 42.5 Å². The van der Waals surface area contributed by atoms with E-state index < -0.39 is 4.92 Å². The first-order valence-electron chi connectivity index (χ1n) is 5.76. The van der Waals surface area contributed by atoms with E-state index in [0.29, 0.717) is 5.69 Å². The molecule has 5 nitrogen and oxygen atoms in total. The molecule has 0 aliphatic heterocycles. The number of nitrogens with one attached hydrogen (secondary N) is 1. The molecule has 0 aromatic heterocycles. The molecule has 0 heterocycles. The number of hydrogen-bond donors (Lipinski definition) is 1. The fourth-order valence-electron chi connectivity index (χ4n) is 1.73. The molecule has 1 N–H and O–H groups in total. The zero-order valence-electron chi connectivity index (χ0n) is 10.7. The second-order valence-electron chi connectivity index (χ2n) is 4.13. The van der Waals surface area contributed by atoms with Gasteiger partial charge < -0.3 is 10.1 Å². The lowest BCUT2D eigenvalue weighted by molar-refractivity contribution is -0.384. The number of nitrogens with zero attached hydrogens (tertiary/aromatic N) is 1. The molecule has 0 fully saturated rings. The van der Waals surface area contributed by atoms with Crippen molar-refractivity contribution in [1.29, 1.82) is 0 Å². The van der Waals surface area contributed by atoms with Gasteiger partial charge in [-0.05, 0) is 42.8 Å². The zero-order valence-corrected chi connectivity index (χ0v) is 10.7. The fourth-order valence-corrected chi connectivity index (χ4v) is 1.73. The topological polar surface area (TPSA) is 64.4 Å². The molecular formula is C14H14N2O3. The van der Waals surface area contributed by atoms with Crippen LogP contribution >= 0.6 is 0 Å². The number of methoxy groups -OCH3 is 1. The molecule has 0 unspecified atom stereocenters. The quantitative estimate of drug-likeness (QED) is 0.671. The van der Waals surface area contributed by atoms with Gasteiger partial charge in [-0.2, -0.15) is 0 Å². The van der Waals surface area contributed by atoms with E-state index in [1.165, 1.54) is 0 Å². The van der Waals surface area contributed by atoms with E-state index in [1.54, 1.807) is 31.4 Å². The Kier molecular flexibility index (Phi) is 3.66. The van der Waals surface area contributed by atoms with Gasteiger partial charge in [0.1, 0.15) is 11.4 Å². The van der Waals surface area contributed by atoms with E-state index in [2.05, 4.69) is 5.32 Å². The highest BCUT2D eigenvalue weighted by Crippen LogP contribution is 2.29. The van der Waals surface area contributed by atoms with Gasteiger partial charge in [-0.1, -0.05) is 6.07 Å². The van der Waals surface area contributed by atoms with Gasteiger partial charge in [0.05, 0.1) is 12.0 Å². The molecule has 0 bridgehead atoms. The van der Waals surface area contributed by atoms with E-state index in [9.17, 15) is 10.1 Å². The minimum Gasteiger partial charge on any atom is -0.497 e. The van der Waals surface area contributed by atoms with Crippen LogP contribution in [-0.2, 0) is 0 Å². The summed E-state index contributed by atoms with van der Waals surface area (Å²) in [4.78, 5) is 10.6. The molecule has 2 rings (SSSR count). The summed E-state index contributed by atoms with van der Waals surface area (Å²) in [5.41, 5.74) is 2.16. The summed E-state index contributed by atoms with van der Waals surface area (Å²) in [6.45, 7) is 1.82. The summed E-state index contributed by atoms with van der Waals surface area (Å²) in [5.74, 6) is 0.740. The van der Waals surface area contributed by atoms with Crippen LogP contribution in [0.5, 0.6) is 5.75 Å². The minimum atomic E-state index is -0.390. The molecule has 0 saturated carbocycles. The minimum absolute atomic E-state index is 0.0656. The number of anilines is 2. The normalized spacial score (nSPS) is 10.0. The van der Waals surface area contributed by atoms with Gasteiger partial charge in [0.25, 0.3) is 5.69 Å². The van der Waals surface area contributed by atoms with E-state index >= 15 is 0 Å². The third-order valence-corrected chi connectivity index (χ3v) is 2.72. The van der Waals surface area contributed by atoms with Crippen molar-refractivity contribution in [1.82, 2.24) is 0 Å². The SMILES string of the molecule is COc1ccc(Nc2ccc(C)cc2[N+](=O)[O-])cc1. The highest BCUT2D eigenvalue weighted by atomic mass is 16.6. The van der Waals surface area contributed by atoms with Gasteiger partial charge in [0, 0.05) is 11.8 Å². The van der Waals surface area contributed by atoms with Crippen molar-refractivity contribution in [3.05, 3.63) is 58.1 Å². The monoisotopic (exact) mass is 258 g/mol. The van der Waals surface area contributed by atoms with Crippen molar-refractivity contribution in [3.63, 3.8) is 0 Å². The van der Waals surface area contributed by atoms with Crippen LogP contribution in [-0.4, -0.2) is 12.0 Å². The first-order valence-corrected chi connectivity index (χ1v) is 5.76. The molecular weight excluding hydrogens is 244 g/mol. The van der Waals surface area contributed by atoms with Crippen LogP contribution < -0.4 is 10.1 Å². The highest BCUT2D eigenvalue weighted by molar-refractivity contribution is 5.70. The second-order valence-corrected chi connectivity index (χ2v) is 4.13. The number of nitro groups is 1. The lowest BCUT2D eigenvalue weighted by Gasteiger charge is -2.08. The van der Waals surface area contributed by atoms with Crippen molar-refractivity contribution in [3.8, 4) is 5.75 Å². The van der Waals surface area contributed by atoms with E-state index in [-0.39, 0.29) is 5.69 Å². The molecule has 0 radical (unpaired) electrons. The van der Waals surface area contributed by atoms with Gasteiger partial charge in [-0.3, -0.25) is 10.1 Å². The first kappa shape index (κ1) is 12.9. The summed E-state index contributed by atoms with van der Waals surface area (Å²) >= 11 is 0. The summed E-state index contributed by atoms with van der Waals surface area (Å²) in [7, 11) is 1.59. The number of ether oxygens (including phenoxy) is 1. The molecule has 0 amide bonds. The molecule has 0 spiro atoms. The Morgan fingerprint density at radius 1 is 1.16 bits per heavy atom. The largest absolute Gasteiger partial charge is 0.497 e.